The van der Waals surface area contributed by atoms with Gasteiger partial charge >= 0.3 is 12.3 Å². The highest BCUT2D eigenvalue weighted by Gasteiger charge is 2.38. The zero-order valence-corrected chi connectivity index (χ0v) is 21.2. The lowest BCUT2D eigenvalue weighted by atomic mass is 10.2. The number of carbonyl (C=O) groups is 1. The third kappa shape index (κ3) is 5.52. The molecule has 0 aliphatic carbocycles. The average molecular weight is 507 g/mol. The van der Waals surface area contributed by atoms with Crippen LogP contribution in [0.5, 0.6) is 5.75 Å². The van der Waals surface area contributed by atoms with Crippen molar-refractivity contribution in [1.29, 1.82) is 0 Å². The maximum absolute atomic E-state index is 13.5. The smallest absolute Gasteiger partial charge is 0.453 e. The zero-order chi connectivity index (χ0) is 26.8. The Morgan fingerprint density at radius 1 is 1.03 bits per heavy atom. The minimum absolute atomic E-state index is 0.0235. The number of fused-ring (bicyclic) bond motifs is 1. The number of hydrogen-bond acceptors (Lipinski definition) is 6. The summed E-state index contributed by atoms with van der Waals surface area (Å²) in [5.74, 6) is -0.536. The highest BCUT2D eigenvalue weighted by molar-refractivity contribution is 5.76. The first kappa shape index (κ1) is 26.8. The van der Waals surface area contributed by atoms with Gasteiger partial charge in [0, 0.05) is 12.4 Å². The molecule has 0 aliphatic rings. The van der Waals surface area contributed by atoms with Gasteiger partial charge in [0.25, 0.3) is 5.82 Å². The molecule has 4 rings (SSSR count). The third-order valence-electron chi connectivity index (χ3n) is 4.93. The van der Waals surface area contributed by atoms with Gasteiger partial charge in [0.1, 0.15) is 17.0 Å². The molecule has 4 aromatic rings. The van der Waals surface area contributed by atoms with E-state index in [0.29, 0.717) is 17.0 Å². The van der Waals surface area contributed by atoms with E-state index in [1.165, 1.54) is 17.9 Å². The standard InChI is InChI=1S/C22H23F3N6O3.C2H6/c1-13-16(26-19-29(13)10-11-30(19)20(32)34-21(2,3)4)17-27-18(22(23,24)25)28-31(17)12-14-6-8-15(33-5)9-7-14;1-2/h6-11H,12H2,1-5H3;1-2H3. The van der Waals surface area contributed by atoms with Gasteiger partial charge in [0.2, 0.25) is 5.78 Å². The third-order valence-corrected chi connectivity index (χ3v) is 4.93. The van der Waals surface area contributed by atoms with Crippen LogP contribution in [-0.2, 0) is 17.5 Å². The molecule has 0 fully saturated rings. The lowest BCUT2D eigenvalue weighted by molar-refractivity contribution is -0.144. The monoisotopic (exact) mass is 506 g/mol. The van der Waals surface area contributed by atoms with E-state index < -0.39 is 23.7 Å². The Morgan fingerprint density at radius 3 is 2.22 bits per heavy atom. The molecule has 0 amide bonds. The van der Waals surface area contributed by atoms with Gasteiger partial charge in [0.05, 0.1) is 19.3 Å². The van der Waals surface area contributed by atoms with Crippen molar-refractivity contribution in [1.82, 2.24) is 28.7 Å². The molecule has 1 aromatic carbocycles. The van der Waals surface area contributed by atoms with Gasteiger partial charge in [0.15, 0.2) is 5.82 Å². The number of methoxy groups -OCH3 is 1. The molecule has 0 N–H and O–H groups in total. The lowest BCUT2D eigenvalue weighted by Gasteiger charge is -2.19. The number of carbonyl (C=O) groups excluding carboxylic acids is 1. The number of nitrogens with zero attached hydrogens (tertiary/aromatic N) is 6. The number of rotatable bonds is 4. The number of benzene rings is 1. The topological polar surface area (TPSA) is 88.5 Å². The van der Waals surface area contributed by atoms with E-state index in [2.05, 4.69) is 15.1 Å². The van der Waals surface area contributed by atoms with Crippen molar-refractivity contribution >= 4 is 11.9 Å². The molecule has 12 heteroatoms. The minimum atomic E-state index is -4.74. The van der Waals surface area contributed by atoms with Crippen LogP contribution in [0, 0.1) is 6.92 Å². The van der Waals surface area contributed by atoms with Gasteiger partial charge in [-0.25, -0.2) is 24.0 Å². The fourth-order valence-corrected chi connectivity index (χ4v) is 3.36. The summed E-state index contributed by atoms with van der Waals surface area (Å²) in [6.45, 7) is 10.9. The van der Waals surface area contributed by atoms with Crippen molar-refractivity contribution in [2.45, 2.75) is 59.9 Å². The summed E-state index contributed by atoms with van der Waals surface area (Å²) in [5, 5.41) is 3.70. The second kappa shape index (κ2) is 10.0. The van der Waals surface area contributed by atoms with Gasteiger partial charge in [-0.15, -0.1) is 5.10 Å². The zero-order valence-electron chi connectivity index (χ0n) is 21.2. The van der Waals surface area contributed by atoms with E-state index in [-0.39, 0.29) is 23.8 Å². The first-order valence-corrected chi connectivity index (χ1v) is 11.3. The van der Waals surface area contributed by atoms with Gasteiger partial charge < -0.3 is 9.47 Å². The summed E-state index contributed by atoms with van der Waals surface area (Å²) in [7, 11) is 1.52. The second-order valence-corrected chi connectivity index (χ2v) is 8.63. The van der Waals surface area contributed by atoms with Crippen LogP contribution in [0.25, 0.3) is 17.3 Å². The van der Waals surface area contributed by atoms with Gasteiger partial charge in [-0.05, 0) is 45.4 Å². The van der Waals surface area contributed by atoms with Crippen molar-refractivity contribution in [3.8, 4) is 17.3 Å². The van der Waals surface area contributed by atoms with Gasteiger partial charge in [-0.1, -0.05) is 26.0 Å². The lowest BCUT2D eigenvalue weighted by Crippen LogP contribution is -2.26. The molecule has 36 heavy (non-hydrogen) atoms. The van der Waals surface area contributed by atoms with Crippen LogP contribution in [0.1, 0.15) is 51.7 Å². The van der Waals surface area contributed by atoms with Gasteiger partial charge in [-0.2, -0.15) is 13.2 Å². The number of hydrogen-bond donors (Lipinski definition) is 0. The number of ether oxygens (including phenoxy) is 2. The first-order valence-electron chi connectivity index (χ1n) is 11.3. The molecule has 0 aliphatic heterocycles. The molecular formula is C24H29F3N6O3. The highest BCUT2D eigenvalue weighted by Crippen LogP contribution is 2.31. The number of alkyl halides is 3. The molecule has 0 saturated carbocycles. The van der Waals surface area contributed by atoms with E-state index in [1.807, 2.05) is 13.8 Å². The first-order chi connectivity index (χ1) is 16.9. The predicted molar refractivity (Wildman–Crippen MR) is 127 cm³/mol. The van der Waals surface area contributed by atoms with Crippen LogP contribution in [0.3, 0.4) is 0 Å². The number of imidazole rings is 2. The van der Waals surface area contributed by atoms with Crippen LogP contribution >= 0.6 is 0 Å². The summed E-state index contributed by atoms with van der Waals surface area (Å²) in [4.78, 5) is 20.8. The van der Waals surface area contributed by atoms with Crippen LogP contribution in [0.2, 0.25) is 0 Å². The Hall–Kier alpha value is -3.83. The fraction of sp³-hybridized carbons (Fsp3) is 0.417. The second-order valence-electron chi connectivity index (χ2n) is 8.63. The van der Waals surface area contributed by atoms with Crippen molar-refractivity contribution in [3.63, 3.8) is 0 Å². The average Bonchev–Trinajstić information content (AvgIpc) is 3.49. The summed E-state index contributed by atoms with van der Waals surface area (Å²) in [5.41, 5.74) is 0.627. The summed E-state index contributed by atoms with van der Waals surface area (Å²) >= 11 is 0. The van der Waals surface area contributed by atoms with Crippen molar-refractivity contribution < 1.29 is 27.4 Å². The molecule has 0 atom stereocenters. The maximum atomic E-state index is 13.5. The van der Waals surface area contributed by atoms with E-state index in [0.717, 1.165) is 4.68 Å². The Labute approximate surface area is 206 Å². The number of halogens is 3. The van der Waals surface area contributed by atoms with E-state index in [1.54, 1.807) is 62.6 Å². The van der Waals surface area contributed by atoms with E-state index in [9.17, 15) is 18.0 Å². The molecule has 3 aromatic heterocycles. The van der Waals surface area contributed by atoms with E-state index >= 15 is 0 Å². The Morgan fingerprint density at radius 2 is 1.67 bits per heavy atom. The normalized spacial score (nSPS) is 11.8. The number of aromatic nitrogens is 6. The van der Waals surface area contributed by atoms with E-state index in [4.69, 9.17) is 9.47 Å². The maximum Gasteiger partial charge on any atom is 0.453 e. The summed E-state index contributed by atoms with van der Waals surface area (Å²) in [6, 6.07) is 6.86. The van der Waals surface area contributed by atoms with Crippen LogP contribution in [-0.4, -0.2) is 47.5 Å². The molecule has 0 saturated heterocycles. The summed E-state index contributed by atoms with van der Waals surface area (Å²) < 4.78 is 54.8. The van der Waals surface area contributed by atoms with Crippen molar-refractivity contribution in [2.75, 3.05) is 7.11 Å². The minimum Gasteiger partial charge on any atom is -0.497 e. The Bertz CT molecular complexity index is 1340. The van der Waals surface area contributed by atoms with Crippen molar-refractivity contribution in [2.24, 2.45) is 0 Å². The Balaban J connectivity index is 0.00000176. The molecule has 9 nitrogen and oxygen atoms in total. The fourth-order valence-electron chi connectivity index (χ4n) is 3.36. The molecular weight excluding hydrogens is 477 g/mol. The molecule has 3 heterocycles. The molecule has 0 spiro atoms. The summed E-state index contributed by atoms with van der Waals surface area (Å²) in [6.07, 6.45) is -2.33. The molecule has 0 unspecified atom stereocenters. The largest absolute Gasteiger partial charge is 0.497 e. The van der Waals surface area contributed by atoms with Crippen molar-refractivity contribution in [3.05, 3.63) is 53.7 Å². The predicted octanol–water partition coefficient (Wildman–Crippen LogP) is 5.59. The van der Waals surface area contributed by atoms with Crippen LogP contribution in [0.15, 0.2) is 36.7 Å². The van der Waals surface area contributed by atoms with Crippen LogP contribution < -0.4 is 4.74 Å². The highest BCUT2D eigenvalue weighted by atomic mass is 19.4. The SMILES string of the molecule is CC.COc1ccc(Cn2nc(C(F)(F)F)nc2-c2nc3n(C(=O)OC(C)(C)C)ccn3c2C)cc1. The molecule has 194 valence electrons. The molecule has 0 radical (unpaired) electrons. The quantitative estimate of drug-likeness (QED) is 0.359. The number of aryl methyl sites for hydroxylation is 1. The van der Waals surface area contributed by atoms with Gasteiger partial charge in [-0.3, -0.25) is 4.40 Å². The Kier molecular flexibility index (Phi) is 7.46. The molecule has 0 bridgehead atoms. The van der Waals surface area contributed by atoms with Crippen LogP contribution in [0.4, 0.5) is 18.0 Å².